The maximum Gasteiger partial charge on any atom is 0.257 e. The number of methoxy groups -OCH3 is 2. The highest BCUT2D eigenvalue weighted by atomic mass is 32.1. The first kappa shape index (κ1) is 17.0. The fourth-order valence-corrected chi connectivity index (χ4v) is 2.84. The average Bonchev–Trinajstić information content (AvgIpc) is 3.31. The number of hydrogen-bond donors (Lipinski definition) is 1. The van der Waals surface area contributed by atoms with Gasteiger partial charge in [-0.1, -0.05) is 6.07 Å². The molecule has 25 heavy (non-hydrogen) atoms. The lowest BCUT2D eigenvalue weighted by Crippen LogP contribution is -2.13. The molecule has 0 unspecified atom stereocenters. The Kier molecular flexibility index (Phi) is 5.30. The van der Waals surface area contributed by atoms with Crippen molar-refractivity contribution in [2.24, 2.45) is 0 Å². The van der Waals surface area contributed by atoms with Crippen molar-refractivity contribution in [2.45, 2.75) is 12.8 Å². The number of anilines is 1. The van der Waals surface area contributed by atoms with Crippen LogP contribution in [0.1, 0.15) is 12.3 Å². The van der Waals surface area contributed by atoms with Crippen molar-refractivity contribution in [1.29, 1.82) is 0 Å². The number of hydrogen-bond acceptors (Lipinski definition) is 7. The second-order valence-corrected chi connectivity index (χ2v) is 6.04. The van der Waals surface area contributed by atoms with E-state index in [2.05, 4.69) is 15.5 Å². The molecule has 7 nitrogen and oxygen atoms in total. The van der Waals surface area contributed by atoms with Crippen LogP contribution in [0.2, 0.25) is 0 Å². The van der Waals surface area contributed by atoms with Crippen molar-refractivity contribution in [2.75, 3.05) is 19.5 Å². The van der Waals surface area contributed by atoms with Crippen LogP contribution in [0, 0.1) is 0 Å². The first-order valence-corrected chi connectivity index (χ1v) is 8.45. The van der Waals surface area contributed by atoms with Crippen LogP contribution >= 0.6 is 11.3 Å². The molecule has 0 saturated heterocycles. The van der Waals surface area contributed by atoms with Crippen molar-refractivity contribution in [3.05, 3.63) is 41.6 Å². The van der Waals surface area contributed by atoms with Crippen molar-refractivity contribution >= 4 is 22.9 Å². The van der Waals surface area contributed by atoms with Crippen LogP contribution in [0.15, 0.2) is 40.1 Å². The second-order valence-electron chi connectivity index (χ2n) is 5.09. The van der Waals surface area contributed by atoms with Crippen LogP contribution in [-0.2, 0) is 11.2 Å². The number of ether oxygens (including phenoxy) is 2. The molecule has 0 spiro atoms. The number of aryl methyl sites for hydroxylation is 1. The average molecular weight is 359 g/mol. The third-order valence-corrected chi connectivity index (χ3v) is 4.30. The number of rotatable bonds is 7. The van der Waals surface area contributed by atoms with Gasteiger partial charge in [0.05, 0.1) is 24.8 Å². The molecule has 0 aliphatic rings. The van der Waals surface area contributed by atoms with Crippen LogP contribution < -0.4 is 14.8 Å². The molecule has 8 heteroatoms. The molecule has 0 radical (unpaired) electrons. The monoisotopic (exact) mass is 359 g/mol. The van der Waals surface area contributed by atoms with Gasteiger partial charge in [0, 0.05) is 18.9 Å². The van der Waals surface area contributed by atoms with Gasteiger partial charge in [-0.25, -0.2) is 0 Å². The summed E-state index contributed by atoms with van der Waals surface area (Å²) in [5.41, 5.74) is 0.552. The van der Waals surface area contributed by atoms with Crippen molar-refractivity contribution < 1.29 is 18.7 Å². The summed E-state index contributed by atoms with van der Waals surface area (Å²) < 4.78 is 16.0. The quantitative estimate of drug-likeness (QED) is 0.696. The second kappa shape index (κ2) is 7.80. The Morgan fingerprint density at radius 3 is 2.84 bits per heavy atom. The van der Waals surface area contributed by atoms with Crippen molar-refractivity contribution in [3.8, 4) is 22.3 Å². The van der Waals surface area contributed by atoms with Gasteiger partial charge in [0.2, 0.25) is 11.8 Å². The summed E-state index contributed by atoms with van der Waals surface area (Å²) in [4.78, 5) is 13.1. The minimum atomic E-state index is -0.178. The van der Waals surface area contributed by atoms with E-state index in [-0.39, 0.29) is 12.3 Å². The highest BCUT2D eigenvalue weighted by molar-refractivity contribution is 7.13. The highest BCUT2D eigenvalue weighted by Gasteiger charge is 2.13. The minimum Gasteiger partial charge on any atom is -0.497 e. The van der Waals surface area contributed by atoms with E-state index in [0.717, 1.165) is 4.88 Å². The van der Waals surface area contributed by atoms with Crippen LogP contribution in [0.4, 0.5) is 5.69 Å². The lowest BCUT2D eigenvalue weighted by atomic mass is 10.2. The van der Waals surface area contributed by atoms with Gasteiger partial charge in [-0.3, -0.25) is 4.79 Å². The standard InChI is InChI=1S/C17H17N3O4S/c1-22-11-5-6-13(23-2)12(10-11)18-15(21)7-8-16-19-20-17(24-16)14-4-3-9-25-14/h3-6,9-10H,7-8H2,1-2H3,(H,18,21). The van der Waals surface area contributed by atoms with Gasteiger partial charge in [0.1, 0.15) is 11.5 Å². The third kappa shape index (κ3) is 4.16. The van der Waals surface area contributed by atoms with Crippen LogP contribution in [-0.4, -0.2) is 30.3 Å². The Labute approximate surface area is 148 Å². The predicted molar refractivity (Wildman–Crippen MR) is 94.1 cm³/mol. The number of nitrogens with zero attached hydrogens (tertiary/aromatic N) is 2. The molecule has 0 bridgehead atoms. The summed E-state index contributed by atoms with van der Waals surface area (Å²) in [5.74, 6) is 1.92. The molecule has 3 rings (SSSR count). The largest absolute Gasteiger partial charge is 0.497 e. The summed E-state index contributed by atoms with van der Waals surface area (Å²) in [6.45, 7) is 0. The Morgan fingerprint density at radius 2 is 2.12 bits per heavy atom. The van der Waals surface area contributed by atoms with E-state index in [9.17, 15) is 4.79 Å². The number of carbonyl (C=O) groups is 1. The van der Waals surface area contributed by atoms with Crippen LogP contribution in [0.3, 0.4) is 0 Å². The van der Waals surface area contributed by atoms with Crippen molar-refractivity contribution in [3.63, 3.8) is 0 Å². The summed E-state index contributed by atoms with van der Waals surface area (Å²) in [7, 11) is 3.11. The number of amides is 1. The maximum atomic E-state index is 12.2. The maximum absolute atomic E-state index is 12.2. The Hall–Kier alpha value is -2.87. The smallest absolute Gasteiger partial charge is 0.257 e. The zero-order valence-corrected chi connectivity index (χ0v) is 14.6. The molecule has 130 valence electrons. The molecular weight excluding hydrogens is 342 g/mol. The van der Waals surface area contributed by atoms with Gasteiger partial charge < -0.3 is 19.2 Å². The van der Waals surface area contributed by atoms with Gasteiger partial charge >= 0.3 is 0 Å². The van der Waals surface area contributed by atoms with E-state index in [0.29, 0.717) is 35.4 Å². The van der Waals surface area contributed by atoms with Crippen LogP contribution in [0.5, 0.6) is 11.5 Å². The normalized spacial score (nSPS) is 10.5. The number of benzene rings is 1. The summed E-state index contributed by atoms with van der Waals surface area (Å²) >= 11 is 1.52. The van der Waals surface area contributed by atoms with E-state index in [1.165, 1.54) is 11.3 Å². The zero-order chi connectivity index (χ0) is 17.6. The first-order valence-electron chi connectivity index (χ1n) is 7.57. The van der Waals surface area contributed by atoms with E-state index < -0.39 is 0 Å². The minimum absolute atomic E-state index is 0.178. The molecule has 0 atom stereocenters. The van der Waals surface area contributed by atoms with E-state index in [4.69, 9.17) is 13.9 Å². The Balaban J connectivity index is 1.60. The van der Waals surface area contributed by atoms with Gasteiger partial charge in [-0.05, 0) is 23.6 Å². The highest BCUT2D eigenvalue weighted by Crippen LogP contribution is 2.29. The molecule has 2 aromatic heterocycles. The van der Waals surface area contributed by atoms with E-state index in [1.807, 2.05) is 17.5 Å². The zero-order valence-electron chi connectivity index (χ0n) is 13.8. The van der Waals surface area contributed by atoms with Gasteiger partial charge in [-0.15, -0.1) is 21.5 Å². The summed E-state index contributed by atoms with van der Waals surface area (Å²) in [6.07, 6.45) is 0.572. The topological polar surface area (TPSA) is 86.5 Å². The molecular formula is C17H17N3O4S. The summed E-state index contributed by atoms with van der Waals surface area (Å²) in [6, 6.07) is 9.03. The molecule has 0 saturated carbocycles. The Bertz CT molecular complexity index is 845. The van der Waals surface area contributed by atoms with E-state index >= 15 is 0 Å². The third-order valence-electron chi connectivity index (χ3n) is 3.45. The van der Waals surface area contributed by atoms with Crippen LogP contribution in [0.25, 0.3) is 10.8 Å². The fourth-order valence-electron chi connectivity index (χ4n) is 2.20. The fraction of sp³-hybridized carbons (Fsp3) is 0.235. The lowest BCUT2D eigenvalue weighted by molar-refractivity contribution is -0.116. The SMILES string of the molecule is COc1ccc(OC)c(NC(=O)CCc2nnc(-c3cccs3)o2)c1. The van der Waals surface area contributed by atoms with Gasteiger partial charge in [0.25, 0.3) is 5.89 Å². The molecule has 0 fully saturated rings. The Morgan fingerprint density at radius 1 is 1.24 bits per heavy atom. The molecule has 0 aliphatic heterocycles. The lowest BCUT2D eigenvalue weighted by Gasteiger charge is -2.11. The number of carbonyl (C=O) groups excluding carboxylic acids is 1. The number of nitrogens with one attached hydrogen (secondary N) is 1. The first-order chi connectivity index (χ1) is 12.2. The van der Waals surface area contributed by atoms with Gasteiger partial charge in [0.15, 0.2) is 0 Å². The summed E-state index contributed by atoms with van der Waals surface area (Å²) in [5, 5.41) is 12.7. The molecule has 3 aromatic rings. The molecule has 2 heterocycles. The molecule has 0 aliphatic carbocycles. The predicted octanol–water partition coefficient (Wildman–Crippen LogP) is 3.39. The number of aromatic nitrogens is 2. The number of thiophene rings is 1. The van der Waals surface area contributed by atoms with Crippen molar-refractivity contribution in [1.82, 2.24) is 10.2 Å². The van der Waals surface area contributed by atoms with E-state index in [1.54, 1.807) is 32.4 Å². The molecule has 1 aromatic carbocycles. The molecule has 1 N–H and O–H groups in total. The van der Waals surface area contributed by atoms with Gasteiger partial charge in [-0.2, -0.15) is 0 Å². The molecule has 1 amide bonds.